The van der Waals surface area contributed by atoms with Crippen molar-refractivity contribution in [3.05, 3.63) is 41.6 Å². The first-order valence-corrected chi connectivity index (χ1v) is 7.66. The third kappa shape index (κ3) is 3.17. The van der Waals surface area contributed by atoms with Crippen LogP contribution in [0.3, 0.4) is 0 Å². The molecule has 3 rings (SSSR count). The monoisotopic (exact) mass is 312 g/mol. The van der Waals surface area contributed by atoms with Gasteiger partial charge in [-0.25, -0.2) is 9.98 Å². The van der Waals surface area contributed by atoms with Gasteiger partial charge in [0.05, 0.1) is 18.9 Å². The maximum absolute atomic E-state index is 9.71. The van der Waals surface area contributed by atoms with Crippen molar-refractivity contribution in [1.82, 2.24) is 4.90 Å². The molecule has 0 saturated carbocycles. The number of nitrogens with zero attached hydrogens (tertiary/aromatic N) is 4. The van der Waals surface area contributed by atoms with Crippen LogP contribution in [0.1, 0.15) is 12.5 Å². The van der Waals surface area contributed by atoms with E-state index in [1.54, 1.807) is 25.2 Å². The van der Waals surface area contributed by atoms with Crippen LogP contribution in [0, 0.1) is 0 Å². The number of morpholine rings is 1. The predicted octanol–water partition coefficient (Wildman–Crippen LogP) is 1.86. The minimum absolute atomic E-state index is 0.199. The summed E-state index contributed by atoms with van der Waals surface area (Å²) in [6.07, 6.45) is 1.93. The average molecular weight is 312 g/mol. The molecular weight excluding hydrogens is 292 g/mol. The summed E-state index contributed by atoms with van der Waals surface area (Å²) in [6.45, 7) is 4.86. The largest absolute Gasteiger partial charge is 0.508 e. The highest BCUT2D eigenvalue weighted by Crippen LogP contribution is 2.19. The lowest BCUT2D eigenvalue weighted by Crippen LogP contribution is -2.46. The van der Waals surface area contributed by atoms with E-state index in [9.17, 15) is 5.11 Å². The van der Waals surface area contributed by atoms with E-state index in [0.717, 1.165) is 35.9 Å². The molecule has 6 heteroatoms. The van der Waals surface area contributed by atoms with Gasteiger partial charge in [0.1, 0.15) is 11.5 Å². The van der Waals surface area contributed by atoms with Crippen LogP contribution in [0.5, 0.6) is 5.75 Å². The van der Waals surface area contributed by atoms with E-state index in [1.807, 2.05) is 19.1 Å². The van der Waals surface area contributed by atoms with Gasteiger partial charge in [0, 0.05) is 25.7 Å². The Bertz CT molecular complexity index is 713. The maximum Gasteiger partial charge on any atom is 0.162 e. The minimum Gasteiger partial charge on any atom is -0.508 e. The summed E-state index contributed by atoms with van der Waals surface area (Å²) >= 11 is 0. The average Bonchev–Trinajstić information content (AvgIpc) is 2.61. The number of phenols is 1. The van der Waals surface area contributed by atoms with Crippen LogP contribution in [0.4, 0.5) is 0 Å². The fraction of sp³-hybridized carbons (Fsp3) is 0.353. The Balaban J connectivity index is 2.05. The SMILES string of the molecule is C/C=C1/N=C(c2cccc(O)c2)N=C(N2CCOCC2)C1=NC. The minimum atomic E-state index is 0.199. The number of benzene rings is 1. The lowest BCUT2D eigenvalue weighted by Gasteiger charge is -2.31. The maximum atomic E-state index is 9.71. The van der Waals surface area contributed by atoms with Crippen molar-refractivity contribution in [1.29, 1.82) is 0 Å². The van der Waals surface area contributed by atoms with Gasteiger partial charge < -0.3 is 14.7 Å². The van der Waals surface area contributed by atoms with Crippen molar-refractivity contribution < 1.29 is 9.84 Å². The van der Waals surface area contributed by atoms with E-state index >= 15 is 0 Å². The molecule has 0 aromatic heterocycles. The van der Waals surface area contributed by atoms with Gasteiger partial charge >= 0.3 is 0 Å². The summed E-state index contributed by atoms with van der Waals surface area (Å²) < 4.78 is 5.43. The number of hydrogen-bond acceptors (Lipinski definition) is 6. The van der Waals surface area contributed by atoms with Crippen molar-refractivity contribution in [2.75, 3.05) is 33.4 Å². The molecule has 2 heterocycles. The first-order valence-electron chi connectivity index (χ1n) is 7.66. The Morgan fingerprint density at radius 2 is 2.04 bits per heavy atom. The zero-order chi connectivity index (χ0) is 16.2. The second kappa shape index (κ2) is 6.75. The molecule has 0 spiro atoms. The lowest BCUT2D eigenvalue weighted by atomic mass is 10.1. The van der Waals surface area contributed by atoms with Gasteiger partial charge in [0.25, 0.3) is 0 Å². The summed E-state index contributed by atoms with van der Waals surface area (Å²) in [7, 11) is 1.75. The number of amidine groups is 2. The fourth-order valence-electron chi connectivity index (χ4n) is 2.65. The van der Waals surface area contributed by atoms with Crippen molar-refractivity contribution in [3.8, 4) is 5.75 Å². The topological polar surface area (TPSA) is 69.8 Å². The Morgan fingerprint density at radius 1 is 1.26 bits per heavy atom. The van der Waals surface area contributed by atoms with Crippen LogP contribution < -0.4 is 0 Å². The summed E-state index contributed by atoms with van der Waals surface area (Å²) in [5, 5.41) is 9.71. The van der Waals surface area contributed by atoms with Crippen molar-refractivity contribution in [2.45, 2.75) is 6.92 Å². The number of aliphatic imine (C=N–C) groups is 3. The quantitative estimate of drug-likeness (QED) is 0.860. The molecule has 1 N–H and O–H groups in total. The Morgan fingerprint density at radius 3 is 2.70 bits per heavy atom. The number of aromatic hydroxyl groups is 1. The summed E-state index contributed by atoms with van der Waals surface area (Å²) in [4.78, 5) is 15.9. The van der Waals surface area contributed by atoms with E-state index in [1.165, 1.54) is 0 Å². The highest BCUT2D eigenvalue weighted by atomic mass is 16.5. The fourth-order valence-corrected chi connectivity index (χ4v) is 2.65. The van der Waals surface area contributed by atoms with E-state index in [0.29, 0.717) is 19.0 Å². The van der Waals surface area contributed by atoms with Crippen LogP contribution in [0.2, 0.25) is 0 Å². The molecule has 0 atom stereocenters. The predicted molar refractivity (Wildman–Crippen MR) is 91.6 cm³/mol. The molecule has 0 unspecified atom stereocenters. The molecule has 0 radical (unpaired) electrons. The van der Waals surface area contributed by atoms with E-state index in [4.69, 9.17) is 9.73 Å². The Kier molecular flexibility index (Phi) is 4.52. The third-order valence-corrected chi connectivity index (χ3v) is 3.80. The Hall–Kier alpha value is -2.47. The highest BCUT2D eigenvalue weighted by Gasteiger charge is 2.26. The van der Waals surface area contributed by atoms with Crippen LogP contribution in [0.15, 0.2) is 51.0 Å². The zero-order valence-corrected chi connectivity index (χ0v) is 13.4. The summed E-state index contributed by atoms with van der Waals surface area (Å²) in [5.74, 6) is 1.60. The van der Waals surface area contributed by atoms with Gasteiger partial charge in [-0.2, -0.15) is 0 Å². The lowest BCUT2D eigenvalue weighted by molar-refractivity contribution is 0.0689. The second-order valence-electron chi connectivity index (χ2n) is 5.27. The van der Waals surface area contributed by atoms with Crippen molar-refractivity contribution in [3.63, 3.8) is 0 Å². The molecule has 1 aromatic rings. The molecule has 23 heavy (non-hydrogen) atoms. The molecule has 1 fully saturated rings. The number of ether oxygens (including phenoxy) is 1. The van der Waals surface area contributed by atoms with Crippen LogP contribution in [-0.4, -0.2) is 60.7 Å². The van der Waals surface area contributed by atoms with Crippen LogP contribution in [0.25, 0.3) is 0 Å². The summed E-state index contributed by atoms with van der Waals surface area (Å²) in [5.41, 5.74) is 2.37. The van der Waals surface area contributed by atoms with E-state index in [-0.39, 0.29) is 5.75 Å². The zero-order valence-electron chi connectivity index (χ0n) is 13.4. The van der Waals surface area contributed by atoms with Crippen molar-refractivity contribution >= 4 is 17.4 Å². The molecule has 2 aliphatic heterocycles. The van der Waals surface area contributed by atoms with Gasteiger partial charge in [-0.1, -0.05) is 18.2 Å². The number of phenolic OH excluding ortho intramolecular Hbond substituents is 1. The molecule has 2 aliphatic rings. The molecule has 6 nitrogen and oxygen atoms in total. The first-order chi connectivity index (χ1) is 11.2. The highest BCUT2D eigenvalue weighted by molar-refractivity contribution is 6.50. The van der Waals surface area contributed by atoms with Gasteiger partial charge in [0.15, 0.2) is 11.7 Å². The van der Waals surface area contributed by atoms with Gasteiger partial charge in [0.2, 0.25) is 0 Å². The standard InChI is InChI=1S/C17H20N4O2/c1-3-14-15(18-2)17(21-7-9-23-10-8-21)20-16(19-14)12-5-4-6-13(22)11-12/h3-6,11,22H,7-10H2,1-2H3/b14-3+,18-15?. The molecule has 1 aromatic carbocycles. The molecule has 120 valence electrons. The first kappa shape index (κ1) is 15.4. The number of rotatable bonds is 1. The van der Waals surface area contributed by atoms with Crippen LogP contribution in [-0.2, 0) is 4.74 Å². The normalized spacial score (nSPS) is 22.3. The third-order valence-electron chi connectivity index (χ3n) is 3.80. The number of allylic oxidation sites excluding steroid dienone is 1. The van der Waals surface area contributed by atoms with Gasteiger partial charge in [-0.05, 0) is 19.1 Å². The molecule has 0 amide bonds. The van der Waals surface area contributed by atoms with E-state index < -0.39 is 0 Å². The summed E-state index contributed by atoms with van der Waals surface area (Å²) in [6, 6.07) is 6.98. The molecular formula is C17H20N4O2. The molecule has 0 bridgehead atoms. The van der Waals surface area contributed by atoms with Gasteiger partial charge in [-0.15, -0.1) is 0 Å². The van der Waals surface area contributed by atoms with E-state index in [2.05, 4.69) is 14.9 Å². The Labute approximate surface area is 135 Å². The second-order valence-corrected chi connectivity index (χ2v) is 5.27. The number of hydrogen-bond donors (Lipinski definition) is 1. The molecule has 1 saturated heterocycles. The smallest absolute Gasteiger partial charge is 0.162 e. The van der Waals surface area contributed by atoms with Crippen LogP contribution >= 0.6 is 0 Å². The molecule has 0 aliphatic carbocycles. The van der Waals surface area contributed by atoms with Gasteiger partial charge in [-0.3, -0.25) is 4.99 Å². The van der Waals surface area contributed by atoms with Crippen molar-refractivity contribution in [2.24, 2.45) is 15.0 Å².